The minimum absolute atomic E-state index is 0.0946. The van der Waals surface area contributed by atoms with Gasteiger partial charge in [-0.1, -0.05) is 12.1 Å². The number of carbonyl (C=O) groups is 2. The number of nitrogens with one attached hydrogen (secondary N) is 1. The number of nitrogens with zero attached hydrogens (tertiary/aromatic N) is 4. The fourth-order valence-electron chi connectivity index (χ4n) is 5.36. The first-order valence-corrected chi connectivity index (χ1v) is 12.1. The van der Waals surface area contributed by atoms with Gasteiger partial charge in [-0.3, -0.25) is 14.6 Å². The largest absolute Gasteiger partial charge is 0.449 e. The van der Waals surface area contributed by atoms with Gasteiger partial charge in [0.15, 0.2) is 11.3 Å². The van der Waals surface area contributed by atoms with Crippen LogP contribution in [-0.2, 0) is 6.54 Å². The number of aromatic nitrogens is 3. The number of imidazole rings is 1. The predicted molar refractivity (Wildman–Crippen MR) is 130 cm³/mol. The lowest BCUT2D eigenvalue weighted by Gasteiger charge is -2.33. The quantitative estimate of drug-likeness (QED) is 0.464. The summed E-state index contributed by atoms with van der Waals surface area (Å²) >= 11 is 0. The summed E-state index contributed by atoms with van der Waals surface area (Å²) in [6.07, 6.45) is 11.8. The normalized spacial score (nSPS) is 18.6. The fourth-order valence-corrected chi connectivity index (χ4v) is 5.36. The molecule has 4 heterocycles. The topological polar surface area (TPSA) is 93.3 Å². The standard InChI is InChI=1S/C27H27N5O3/c33-25(23-13-20-4-7-28-16-24(20)35-23)30-15-22-14-27(22)5-9-32(10-6-27)26(34)21-3-1-2-19(12-21)17-31-11-8-29-18-31/h1-4,7-8,11-13,16,18,22H,5-6,9-10,14-15,17H2,(H,30,33). The van der Waals surface area contributed by atoms with Crippen molar-refractivity contribution < 1.29 is 14.0 Å². The first kappa shape index (κ1) is 21.6. The van der Waals surface area contributed by atoms with Gasteiger partial charge in [0.2, 0.25) is 0 Å². The lowest BCUT2D eigenvalue weighted by molar-refractivity contribution is 0.0668. The Labute approximate surface area is 203 Å². The van der Waals surface area contributed by atoms with E-state index in [4.69, 9.17) is 4.42 Å². The number of piperidine rings is 1. The lowest BCUT2D eigenvalue weighted by Crippen LogP contribution is -2.40. The van der Waals surface area contributed by atoms with Crippen LogP contribution in [0.15, 0.2) is 71.9 Å². The molecule has 1 unspecified atom stereocenters. The molecule has 35 heavy (non-hydrogen) atoms. The summed E-state index contributed by atoms with van der Waals surface area (Å²) < 4.78 is 7.61. The Balaban J connectivity index is 1.01. The third kappa shape index (κ3) is 4.32. The molecule has 2 amide bonds. The average Bonchev–Trinajstić information content (AvgIpc) is 3.23. The van der Waals surface area contributed by atoms with E-state index >= 15 is 0 Å². The maximum atomic E-state index is 13.1. The first-order valence-electron chi connectivity index (χ1n) is 12.1. The van der Waals surface area contributed by atoms with E-state index in [-0.39, 0.29) is 17.2 Å². The van der Waals surface area contributed by atoms with Crippen molar-refractivity contribution >= 4 is 22.8 Å². The van der Waals surface area contributed by atoms with Gasteiger partial charge in [-0.15, -0.1) is 0 Å². The highest BCUT2D eigenvalue weighted by molar-refractivity contribution is 5.96. The maximum Gasteiger partial charge on any atom is 0.287 e. The van der Waals surface area contributed by atoms with Crippen LogP contribution in [0.1, 0.15) is 45.7 Å². The molecule has 1 aliphatic carbocycles. The van der Waals surface area contributed by atoms with Crippen LogP contribution in [0.2, 0.25) is 0 Å². The van der Waals surface area contributed by atoms with Crippen LogP contribution in [0, 0.1) is 11.3 Å². The Morgan fingerprint density at radius 3 is 2.80 bits per heavy atom. The molecule has 4 aromatic rings. The van der Waals surface area contributed by atoms with Gasteiger partial charge in [-0.2, -0.15) is 0 Å². The second-order valence-electron chi connectivity index (χ2n) is 9.73. The fraction of sp³-hybridized carbons (Fsp3) is 0.333. The van der Waals surface area contributed by atoms with Gasteiger partial charge in [0.1, 0.15) is 0 Å². The number of benzene rings is 1. The number of rotatable bonds is 6. The number of carbonyl (C=O) groups excluding carboxylic acids is 2. The van der Waals surface area contributed by atoms with Gasteiger partial charge in [-0.25, -0.2) is 4.98 Å². The smallest absolute Gasteiger partial charge is 0.287 e. The zero-order valence-corrected chi connectivity index (χ0v) is 19.4. The summed E-state index contributed by atoms with van der Waals surface area (Å²) in [6.45, 7) is 2.85. The molecule has 8 nitrogen and oxygen atoms in total. The molecule has 3 aromatic heterocycles. The third-order valence-corrected chi connectivity index (χ3v) is 7.56. The number of pyridine rings is 1. The van der Waals surface area contributed by atoms with Gasteiger partial charge < -0.3 is 19.2 Å². The zero-order valence-electron chi connectivity index (χ0n) is 19.4. The zero-order chi connectivity index (χ0) is 23.8. The average molecular weight is 470 g/mol. The van der Waals surface area contributed by atoms with Crippen molar-refractivity contribution in [2.24, 2.45) is 11.3 Å². The summed E-state index contributed by atoms with van der Waals surface area (Å²) in [5.41, 5.74) is 2.68. The molecule has 1 atom stereocenters. The summed E-state index contributed by atoms with van der Waals surface area (Å²) in [6, 6.07) is 11.4. The molecule has 6 rings (SSSR count). The molecular weight excluding hydrogens is 442 g/mol. The minimum atomic E-state index is -0.188. The number of hydrogen-bond donors (Lipinski definition) is 1. The predicted octanol–water partition coefficient (Wildman–Crippen LogP) is 3.74. The second kappa shape index (κ2) is 8.69. The monoisotopic (exact) mass is 469 g/mol. The molecule has 1 aromatic carbocycles. The van der Waals surface area contributed by atoms with E-state index in [0.29, 0.717) is 30.4 Å². The maximum absolute atomic E-state index is 13.1. The van der Waals surface area contributed by atoms with Crippen LogP contribution in [0.5, 0.6) is 0 Å². The molecule has 1 spiro atoms. The molecule has 2 aliphatic rings. The molecule has 1 aliphatic heterocycles. The highest BCUT2D eigenvalue weighted by Crippen LogP contribution is 2.59. The van der Waals surface area contributed by atoms with E-state index in [9.17, 15) is 9.59 Å². The van der Waals surface area contributed by atoms with Crippen molar-refractivity contribution in [3.8, 4) is 0 Å². The number of fused-ring (bicyclic) bond motifs is 1. The summed E-state index contributed by atoms with van der Waals surface area (Å²) in [7, 11) is 0. The van der Waals surface area contributed by atoms with Crippen LogP contribution < -0.4 is 5.32 Å². The highest BCUT2D eigenvalue weighted by atomic mass is 16.3. The summed E-state index contributed by atoms with van der Waals surface area (Å²) in [4.78, 5) is 35.8. The number of hydrogen-bond acceptors (Lipinski definition) is 5. The van der Waals surface area contributed by atoms with Crippen LogP contribution in [-0.4, -0.2) is 50.9 Å². The highest BCUT2D eigenvalue weighted by Gasteiger charge is 2.54. The van der Waals surface area contributed by atoms with Crippen molar-refractivity contribution in [2.45, 2.75) is 25.8 Å². The van der Waals surface area contributed by atoms with Gasteiger partial charge >= 0.3 is 0 Å². The van der Waals surface area contributed by atoms with E-state index in [1.807, 2.05) is 46.0 Å². The molecule has 1 N–H and O–H groups in total. The van der Waals surface area contributed by atoms with Crippen molar-refractivity contribution in [1.82, 2.24) is 24.8 Å². The molecule has 2 fully saturated rings. The Hall–Kier alpha value is -3.94. The lowest BCUT2D eigenvalue weighted by atomic mass is 9.90. The first-order chi connectivity index (χ1) is 17.1. The number of amides is 2. The van der Waals surface area contributed by atoms with Crippen LogP contribution in [0.25, 0.3) is 11.0 Å². The van der Waals surface area contributed by atoms with Crippen molar-refractivity contribution in [3.63, 3.8) is 0 Å². The molecule has 178 valence electrons. The van der Waals surface area contributed by atoms with E-state index in [2.05, 4.69) is 15.3 Å². The van der Waals surface area contributed by atoms with Gasteiger partial charge in [0.25, 0.3) is 11.8 Å². The Morgan fingerprint density at radius 1 is 1.11 bits per heavy atom. The van der Waals surface area contributed by atoms with E-state index < -0.39 is 0 Å². The Kier molecular flexibility index (Phi) is 5.36. The van der Waals surface area contributed by atoms with Gasteiger partial charge in [0, 0.05) is 55.7 Å². The third-order valence-electron chi connectivity index (χ3n) is 7.56. The van der Waals surface area contributed by atoms with Crippen LogP contribution in [0.3, 0.4) is 0 Å². The number of likely N-dealkylation sites (tertiary alicyclic amines) is 1. The van der Waals surface area contributed by atoms with Crippen molar-refractivity contribution in [2.75, 3.05) is 19.6 Å². The molecule has 1 saturated heterocycles. The molecule has 1 saturated carbocycles. The Bertz CT molecular complexity index is 1340. The van der Waals surface area contributed by atoms with Crippen LogP contribution in [0.4, 0.5) is 0 Å². The molecular formula is C27H27N5O3. The van der Waals surface area contributed by atoms with Gasteiger partial charge in [-0.05, 0) is 60.4 Å². The summed E-state index contributed by atoms with van der Waals surface area (Å²) in [5, 5.41) is 3.91. The number of furan rings is 1. The van der Waals surface area contributed by atoms with Crippen LogP contribution >= 0.6 is 0 Å². The van der Waals surface area contributed by atoms with Crippen molar-refractivity contribution in [3.05, 3.63) is 84.4 Å². The minimum Gasteiger partial charge on any atom is -0.449 e. The molecule has 0 radical (unpaired) electrons. The van der Waals surface area contributed by atoms with E-state index in [0.717, 1.165) is 48.9 Å². The van der Waals surface area contributed by atoms with E-state index in [1.54, 1.807) is 31.0 Å². The summed E-state index contributed by atoms with van der Waals surface area (Å²) in [5.74, 6) is 0.676. The molecule has 8 heteroatoms. The van der Waals surface area contributed by atoms with Gasteiger partial charge in [0.05, 0.1) is 12.5 Å². The van der Waals surface area contributed by atoms with E-state index in [1.165, 1.54) is 0 Å². The molecule has 0 bridgehead atoms. The Morgan fingerprint density at radius 2 is 2.00 bits per heavy atom. The SMILES string of the molecule is O=C(NCC1CC12CCN(C(=O)c1cccc(Cn3ccnc3)c1)CC2)c1cc2ccncc2o1. The van der Waals surface area contributed by atoms with Crippen molar-refractivity contribution in [1.29, 1.82) is 0 Å². The second-order valence-corrected chi connectivity index (χ2v) is 9.73.